The Morgan fingerprint density at radius 3 is 2.59 bits per heavy atom. The molecule has 22 heavy (non-hydrogen) atoms. The van der Waals surface area contributed by atoms with Gasteiger partial charge in [-0.3, -0.25) is 9.48 Å². The Bertz CT molecular complexity index is 616. The Balaban J connectivity index is 2.02. The highest BCUT2D eigenvalue weighted by Crippen LogP contribution is 2.17. The molecular formula is C14H24N4O3S. The minimum Gasteiger partial charge on any atom is -0.343 e. The molecule has 124 valence electrons. The maximum atomic E-state index is 12.5. The number of nitrogens with zero attached hydrogens (tertiary/aromatic N) is 3. The van der Waals surface area contributed by atoms with Crippen molar-refractivity contribution in [3.05, 3.63) is 12.3 Å². The van der Waals surface area contributed by atoms with Crippen molar-refractivity contribution in [1.82, 2.24) is 19.4 Å². The standard InChI is InChI=1S/C14H24N4O3S/c1-4-13(19)17-9-6-12(7-10-17)16-22(20,21)14-5-8-15-18(14)11(2)3/h5,8,11-12,16H,4,6-7,9-10H2,1-3H3. The summed E-state index contributed by atoms with van der Waals surface area (Å²) in [7, 11) is -3.59. The van der Waals surface area contributed by atoms with Crippen molar-refractivity contribution < 1.29 is 13.2 Å². The molecule has 0 radical (unpaired) electrons. The first-order valence-electron chi connectivity index (χ1n) is 7.68. The second kappa shape index (κ2) is 6.78. The number of aromatic nitrogens is 2. The van der Waals surface area contributed by atoms with Gasteiger partial charge in [0, 0.05) is 31.6 Å². The molecule has 0 atom stereocenters. The van der Waals surface area contributed by atoms with Gasteiger partial charge in [-0.1, -0.05) is 6.92 Å². The van der Waals surface area contributed by atoms with Crippen molar-refractivity contribution in [2.75, 3.05) is 13.1 Å². The molecule has 0 aromatic carbocycles. The van der Waals surface area contributed by atoms with Gasteiger partial charge >= 0.3 is 0 Å². The van der Waals surface area contributed by atoms with Crippen molar-refractivity contribution in [3.63, 3.8) is 0 Å². The summed E-state index contributed by atoms with van der Waals surface area (Å²) in [6.07, 6.45) is 3.27. The second-order valence-corrected chi connectivity index (χ2v) is 7.50. The summed E-state index contributed by atoms with van der Waals surface area (Å²) in [6, 6.07) is 1.35. The number of nitrogens with one attached hydrogen (secondary N) is 1. The van der Waals surface area contributed by atoms with E-state index in [1.807, 2.05) is 20.8 Å². The number of piperidine rings is 1. The van der Waals surface area contributed by atoms with Crippen LogP contribution in [0.1, 0.15) is 46.1 Å². The second-order valence-electron chi connectivity index (χ2n) is 5.84. The van der Waals surface area contributed by atoms with Gasteiger partial charge in [0.15, 0.2) is 5.03 Å². The summed E-state index contributed by atoms with van der Waals surface area (Å²) in [4.78, 5) is 13.4. The Kier molecular flexibility index (Phi) is 5.23. The lowest BCUT2D eigenvalue weighted by atomic mass is 10.1. The maximum absolute atomic E-state index is 12.5. The van der Waals surface area contributed by atoms with Gasteiger partial charge in [-0.2, -0.15) is 5.10 Å². The van der Waals surface area contributed by atoms with E-state index in [4.69, 9.17) is 0 Å². The van der Waals surface area contributed by atoms with Gasteiger partial charge in [0.2, 0.25) is 5.91 Å². The molecule has 1 amide bonds. The Morgan fingerprint density at radius 1 is 1.41 bits per heavy atom. The van der Waals surface area contributed by atoms with E-state index >= 15 is 0 Å². The quantitative estimate of drug-likeness (QED) is 0.878. The van der Waals surface area contributed by atoms with Gasteiger partial charge < -0.3 is 4.90 Å². The molecule has 0 unspecified atom stereocenters. The number of carbonyl (C=O) groups is 1. The predicted molar refractivity (Wildman–Crippen MR) is 82.8 cm³/mol. The number of likely N-dealkylation sites (tertiary alicyclic amines) is 1. The van der Waals surface area contributed by atoms with Gasteiger partial charge in [0.05, 0.1) is 6.20 Å². The molecule has 1 aliphatic heterocycles. The molecule has 0 bridgehead atoms. The zero-order valence-corrected chi connectivity index (χ0v) is 14.1. The average molecular weight is 328 g/mol. The maximum Gasteiger partial charge on any atom is 0.257 e. The number of hydrogen-bond donors (Lipinski definition) is 1. The molecule has 1 aromatic rings. The van der Waals surface area contributed by atoms with Crippen LogP contribution in [0.3, 0.4) is 0 Å². The largest absolute Gasteiger partial charge is 0.343 e. The summed E-state index contributed by atoms with van der Waals surface area (Å²) < 4.78 is 29.3. The van der Waals surface area contributed by atoms with Gasteiger partial charge in [-0.05, 0) is 32.8 Å². The third-order valence-corrected chi connectivity index (χ3v) is 5.39. The Labute approximate surface area is 131 Å². The van der Waals surface area contributed by atoms with Crippen LogP contribution in [0, 0.1) is 0 Å². The fourth-order valence-electron chi connectivity index (χ4n) is 2.65. The zero-order valence-electron chi connectivity index (χ0n) is 13.3. The minimum atomic E-state index is -3.59. The van der Waals surface area contributed by atoms with Gasteiger partial charge in [-0.25, -0.2) is 13.1 Å². The van der Waals surface area contributed by atoms with Crippen LogP contribution in [0.25, 0.3) is 0 Å². The van der Waals surface area contributed by atoms with Crippen molar-refractivity contribution >= 4 is 15.9 Å². The van der Waals surface area contributed by atoms with E-state index in [0.29, 0.717) is 32.4 Å². The molecule has 0 aliphatic carbocycles. The first-order valence-corrected chi connectivity index (χ1v) is 9.17. The molecular weight excluding hydrogens is 304 g/mol. The predicted octanol–water partition coefficient (Wildman–Crippen LogP) is 1.14. The molecule has 0 spiro atoms. The first kappa shape index (κ1) is 17.0. The summed E-state index contributed by atoms with van der Waals surface area (Å²) >= 11 is 0. The van der Waals surface area contributed by atoms with Crippen LogP contribution < -0.4 is 4.72 Å². The molecule has 8 heteroatoms. The fraction of sp³-hybridized carbons (Fsp3) is 0.714. The Hall–Kier alpha value is -1.41. The molecule has 2 heterocycles. The monoisotopic (exact) mass is 328 g/mol. The lowest BCUT2D eigenvalue weighted by Gasteiger charge is -2.32. The summed E-state index contributed by atoms with van der Waals surface area (Å²) in [5, 5.41) is 4.26. The van der Waals surface area contributed by atoms with E-state index in [1.54, 1.807) is 4.90 Å². The first-order chi connectivity index (χ1) is 10.3. The van der Waals surface area contributed by atoms with E-state index in [1.165, 1.54) is 16.9 Å². The van der Waals surface area contributed by atoms with Gasteiger partial charge in [0.25, 0.3) is 10.0 Å². The van der Waals surface area contributed by atoms with Gasteiger partial charge in [0.1, 0.15) is 0 Å². The van der Waals surface area contributed by atoms with E-state index in [2.05, 4.69) is 9.82 Å². The molecule has 1 saturated heterocycles. The Morgan fingerprint density at radius 2 is 2.05 bits per heavy atom. The SMILES string of the molecule is CCC(=O)N1CCC(NS(=O)(=O)c2ccnn2C(C)C)CC1. The number of amides is 1. The highest BCUT2D eigenvalue weighted by molar-refractivity contribution is 7.89. The van der Waals surface area contributed by atoms with Crippen LogP contribution in [-0.4, -0.2) is 48.1 Å². The smallest absolute Gasteiger partial charge is 0.257 e. The van der Waals surface area contributed by atoms with E-state index < -0.39 is 10.0 Å². The summed E-state index contributed by atoms with van der Waals surface area (Å²) in [6.45, 7) is 6.82. The zero-order chi connectivity index (χ0) is 16.3. The molecule has 1 fully saturated rings. The molecule has 0 saturated carbocycles. The molecule has 1 N–H and O–H groups in total. The van der Waals surface area contributed by atoms with E-state index in [-0.39, 0.29) is 23.0 Å². The van der Waals surface area contributed by atoms with Crippen LogP contribution in [0.5, 0.6) is 0 Å². The molecule has 2 rings (SSSR count). The number of hydrogen-bond acceptors (Lipinski definition) is 4. The lowest BCUT2D eigenvalue weighted by Crippen LogP contribution is -2.46. The van der Waals surface area contributed by atoms with Crippen LogP contribution in [-0.2, 0) is 14.8 Å². The average Bonchev–Trinajstić information content (AvgIpc) is 2.97. The minimum absolute atomic E-state index is 0.0226. The lowest BCUT2D eigenvalue weighted by molar-refractivity contribution is -0.131. The van der Waals surface area contributed by atoms with Crippen LogP contribution in [0.15, 0.2) is 17.3 Å². The number of carbonyl (C=O) groups excluding carboxylic acids is 1. The molecule has 1 aliphatic rings. The van der Waals surface area contributed by atoms with Crippen LogP contribution in [0.2, 0.25) is 0 Å². The summed E-state index contributed by atoms with van der Waals surface area (Å²) in [5.41, 5.74) is 0. The normalized spacial score (nSPS) is 17.2. The molecule has 1 aromatic heterocycles. The van der Waals surface area contributed by atoms with E-state index in [0.717, 1.165) is 0 Å². The fourth-order valence-corrected chi connectivity index (χ4v) is 4.19. The van der Waals surface area contributed by atoms with Crippen molar-refractivity contribution in [3.8, 4) is 0 Å². The summed E-state index contributed by atoms with van der Waals surface area (Å²) in [5.74, 6) is 0.124. The third-order valence-electron chi connectivity index (χ3n) is 3.87. The number of rotatable bonds is 5. The number of sulfonamides is 1. The third kappa shape index (κ3) is 3.67. The van der Waals surface area contributed by atoms with Crippen molar-refractivity contribution in [2.24, 2.45) is 0 Å². The van der Waals surface area contributed by atoms with Crippen molar-refractivity contribution in [1.29, 1.82) is 0 Å². The van der Waals surface area contributed by atoms with Crippen LogP contribution >= 0.6 is 0 Å². The highest BCUT2D eigenvalue weighted by Gasteiger charge is 2.28. The van der Waals surface area contributed by atoms with E-state index in [9.17, 15) is 13.2 Å². The topological polar surface area (TPSA) is 84.3 Å². The van der Waals surface area contributed by atoms with Crippen molar-refractivity contribution in [2.45, 2.75) is 57.1 Å². The highest BCUT2D eigenvalue weighted by atomic mass is 32.2. The van der Waals surface area contributed by atoms with Gasteiger partial charge in [-0.15, -0.1) is 0 Å². The molecule has 7 nitrogen and oxygen atoms in total. The van der Waals surface area contributed by atoms with Crippen LogP contribution in [0.4, 0.5) is 0 Å².